The first-order valence-corrected chi connectivity index (χ1v) is 6.28. The number of aryl methyl sites for hydroxylation is 1. The first-order valence-electron chi connectivity index (χ1n) is 6.28. The second kappa shape index (κ2) is 6.01. The van der Waals surface area contributed by atoms with Gasteiger partial charge in [-0.3, -0.25) is 0 Å². The Morgan fingerprint density at radius 1 is 1.29 bits per heavy atom. The molecule has 1 rings (SSSR count). The number of nitrogens with one attached hydrogen (secondary N) is 1. The monoisotopic (exact) mass is 236 g/mol. The third kappa shape index (κ3) is 5.18. The minimum absolute atomic E-state index is 0.193. The summed E-state index contributed by atoms with van der Waals surface area (Å²) in [5.41, 5.74) is 2.08. The summed E-state index contributed by atoms with van der Waals surface area (Å²) in [6.07, 6.45) is 1.15. The number of pyridine rings is 1. The van der Waals surface area contributed by atoms with E-state index < -0.39 is 0 Å². The molecule has 3 nitrogen and oxygen atoms in total. The SMILES string of the molecule is CCCNCc1ccc(OC(C)(C)C)nc1C. The van der Waals surface area contributed by atoms with Crippen LogP contribution in [-0.4, -0.2) is 17.1 Å². The smallest absolute Gasteiger partial charge is 0.213 e. The number of hydrogen-bond acceptors (Lipinski definition) is 3. The van der Waals surface area contributed by atoms with Crippen molar-refractivity contribution in [3.63, 3.8) is 0 Å². The van der Waals surface area contributed by atoms with E-state index >= 15 is 0 Å². The summed E-state index contributed by atoms with van der Waals surface area (Å²) in [4.78, 5) is 4.48. The van der Waals surface area contributed by atoms with Crippen molar-refractivity contribution in [3.05, 3.63) is 23.4 Å². The maximum atomic E-state index is 5.73. The van der Waals surface area contributed by atoms with Gasteiger partial charge in [0.05, 0.1) is 0 Å². The number of hydrogen-bond donors (Lipinski definition) is 1. The Morgan fingerprint density at radius 2 is 2.00 bits per heavy atom. The predicted molar refractivity (Wildman–Crippen MR) is 71.4 cm³/mol. The Labute approximate surface area is 105 Å². The molecule has 0 fully saturated rings. The lowest BCUT2D eigenvalue weighted by molar-refractivity contribution is 0.124. The number of nitrogens with zero attached hydrogens (tertiary/aromatic N) is 1. The first-order chi connectivity index (χ1) is 7.92. The molecule has 1 aromatic heterocycles. The molecule has 0 unspecified atom stereocenters. The van der Waals surface area contributed by atoms with E-state index in [-0.39, 0.29) is 5.60 Å². The highest BCUT2D eigenvalue weighted by atomic mass is 16.5. The van der Waals surface area contributed by atoms with E-state index in [2.05, 4.69) is 23.3 Å². The van der Waals surface area contributed by atoms with E-state index in [1.807, 2.05) is 33.8 Å². The normalized spacial score (nSPS) is 11.6. The van der Waals surface area contributed by atoms with Crippen LogP contribution in [-0.2, 0) is 6.54 Å². The molecule has 3 heteroatoms. The summed E-state index contributed by atoms with van der Waals surface area (Å²) in [6, 6.07) is 4.03. The predicted octanol–water partition coefficient (Wildman–Crippen LogP) is 3.07. The average Bonchev–Trinajstić information content (AvgIpc) is 2.19. The molecule has 0 aliphatic heterocycles. The van der Waals surface area contributed by atoms with Gasteiger partial charge in [0, 0.05) is 18.3 Å². The molecule has 0 aliphatic carbocycles. The second-order valence-corrected chi connectivity index (χ2v) is 5.29. The summed E-state index contributed by atoms with van der Waals surface area (Å²) in [5, 5.41) is 3.38. The van der Waals surface area contributed by atoms with Crippen molar-refractivity contribution in [1.82, 2.24) is 10.3 Å². The largest absolute Gasteiger partial charge is 0.472 e. The van der Waals surface area contributed by atoms with Crippen LogP contribution in [0, 0.1) is 6.92 Å². The topological polar surface area (TPSA) is 34.1 Å². The van der Waals surface area contributed by atoms with Gasteiger partial charge in [-0.1, -0.05) is 13.0 Å². The molecule has 0 radical (unpaired) electrons. The molecular weight excluding hydrogens is 212 g/mol. The lowest BCUT2D eigenvalue weighted by Crippen LogP contribution is -2.24. The van der Waals surface area contributed by atoms with E-state index in [9.17, 15) is 0 Å². The van der Waals surface area contributed by atoms with E-state index in [1.165, 1.54) is 5.56 Å². The van der Waals surface area contributed by atoms with Gasteiger partial charge in [0.25, 0.3) is 0 Å². The Kier molecular flexibility index (Phi) is 4.94. The minimum atomic E-state index is -0.193. The molecule has 0 bridgehead atoms. The Bertz CT molecular complexity index is 356. The highest BCUT2D eigenvalue weighted by molar-refractivity contribution is 5.25. The molecule has 0 aromatic carbocycles. The van der Waals surface area contributed by atoms with Crippen molar-refractivity contribution < 1.29 is 4.74 Å². The lowest BCUT2D eigenvalue weighted by Gasteiger charge is -2.21. The summed E-state index contributed by atoms with van der Waals surface area (Å²) in [6.45, 7) is 12.2. The highest BCUT2D eigenvalue weighted by Gasteiger charge is 2.13. The quantitative estimate of drug-likeness (QED) is 0.798. The zero-order valence-corrected chi connectivity index (χ0v) is 11.6. The fraction of sp³-hybridized carbons (Fsp3) is 0.643. The second-order valence-electron chi connectivity index (χ2n) is 5.29. The molecule has 1 aromatic rings. The molecule has 1 N–H and O–H groups in total. The van der Waals surface area contributed by atoms with E-state index in [4.69, 9.17) is 4.74 Å². The average molecular weight is 236 g/mol. The third-order valence-electron chi connectivity index (χ3n) is 2.32. The molecule has 0 aliphatic rings. The van der Waals surface area contributed by atoms with Gasteiger partial charge >= 0.3 is 0 Å². The van der Waals surface area contributed by atoms with Gasteiger partial charge in [0.15, 0.2) is 0 Å². The standard InChI is InChI=1S/C14H24N2O/c1-6-9-15-10-12-7-8-13(16-11(12)2)17-14(3,4)5/h7-8,15H,6,9-10H2,1-5H3. The van der Waals surface area contributed by atoms with Crippen LogP contribution in [0.15, 0.2) is 12.1 Å². The van der Waals surface area contributed by atoms with Crippen molar-refractivity contribution in [2.75, 3.05) is 6.54 Å². The molecule has 1 heterocycles. The molecule has 0 saturated heterocycles. The summed E-state index contributed by atoms with van der Waals surface area (Å²) in [7, 11) is 0. The highest BCUT2D eigenvalue weighted by Crippen LogP contribution is 2.17. The van der Waals surface area contributed by atoms with Crippen LogP contribution in [0.3, 0.4) is 0 Å². The molecule has 0 spiro atoms. The van der Waals surface area contributed by atoms with Gasteiger partial charge in [-0.25, -0.2) is 4.98 Å². The van der Waals surface area contributed by atoms with Gasteiger partial charge in [0.1, 0.15) is 5.60 Å². The van der Waals surface area contributed by atoms with Crippen LogP contribution >= 0.6 is 0 Å². The summed E-state index contributed by atoms with van der Waals surface area (Å²) < 4.78 is 5.73. The van der Waals surface area contributed by atoms with Crippen molar-refractivity contribution in [2.24, 2.45) is 0 Å². The van der Waals surface area contributed by atoms with Gasteiger partial charge < -0.3 is 10.1 Å². The molecule has 96 valence electrons. The number of rotatable bonds is 5. The van der Waals surface area contributed by atoms with E-state index in [1.54, 1.807) is 0 Å². The van der Waals surface area contributed by atoms with Crippen LogP contribution in [0.25, 0.3) is 0 Å². The van der Waals surface area contributed by atoms with Crippen LogP contribution in [0.4, 0.5) is 0 Å². The first kappa shape index (κ1) is 14.0. The van der Waals surface area contributed by atoms with Gasteiger partial charge in [-0.15, -0.1) is 0 Å². The van der Waals surface area contributed by atoms with Crippen molar-refractivity contribution >= 4 is 0 Å². The van der Waals surface area contributed by atoms with Crippen molar-refractivity contribution in [2.45, 2.75) is 53.2 Å². The minimum Gasteiger partial charge on any atom is -0.472 e. The molecule has 0 saturated carbocycles. The van der Waals surface area contributed by atoms with Crippen LogP contribution < -0.4 is 10.1 Å². The molecule has 0 amide bonds. The van der Waals surface area contributed by atoms with E-state index in [0.29, 0.717) is 5.88 Å². The van der Waals surface area contributed by atoms with E-state index in [0.717, 1.165) is 25.2 Å². The zero-order chi connectivity index (χ0) is 12.9. The van der Waals surface area contributed by atoms with Crippen molar-refractivity contribution in [1.29, 1.82) is 0 Å². The van der Waals surface area contributed by atoms with Gasteiger partial charge in [-0.2, -0.15) is 0 Å². The third-order valence-corrected chi connectivity index (χ3v) is 2.32. The van der Waals surface area contributed by atoms with Crippen LogP contribution in [0.2, 0.25) is 0 Å². The van der Waals surface area contributed by atoms with Crippen molar-refractivity contribution in [3.8, 4) is 5.88 Å². The fourth-order valence-corrected chi connectivity index (χ4v) is 1.52. The summed E-state index contributed by atoms with van der Waals surface area (Å²) >= 11 is 0. The Balaban J connectivity index is 2.66. The maximum Gasteiger partial charge on any atom is 0.213 e. The number of aromatic nitrogens is 1. The zero-order valence-electron chi connectivity index (χ0n) is 11.6. The Hall–Kier alpha value is -1.09. The molecule has 17 heavy (non-hydrogen) atoms. The van der Waals surface area contributed by atoms with Gasteiger partial charge in [-0.05, 0) is 46.2 Å². The van der Waals surface area contributed by atoms with Crippen LogP contribution in [0.5, 0.6) is 5.88 Å². The molecule has 0 atom stereocenters. The number of ether oxygens (including phenoxy) is 1. The maximum absolute atomic E-state index is 5.73. The fourth-order valence-electron chi connectivity index (χ4n) is 1.52. The van der Waals surface area contributed by atoms with Crippen LogP contribution in [0.1, 0.15) is 45.4 Å². The molecular formula is C14H24N2O. The summed E-state index contributed by atoms with van der Waals surface area (Å²) in [5.74, 6) is 0.703. The van der Waals surface area contributed by atoms with Gasteiger partial charge in [0.2, 0.25) is 5.88 Å². The Morgan fingerprint density at radius 3 is 2.53 bits per heavy atom. The lowest BCUT2D eigenvalue weighted by atomic mass is 10.2.